The highest BCUT2D eigenvalue weighted by Gasteiger charge is 2.05. The van der Waals surface area contributed by atoms with E-state index in [2.05, 4.69) is 26.1 Å². The van der Waals surface area contributed by atoms with Crippen molar-refractivity contribution in [2.75, 3.05) is 5.73 Å². The van der Waals surface area contributed by atoms with Gasteiger partial charge in [-0.3, -0.25) is 5.73 Å². The van der Waals surface area contributed by atoms with Crippen LogP contribution in [0.15, 0.2) is 4.47 Å². The predicted octanol–water partition coefficient (Wildman–Crippen LogP) is 0.482. The molecule has 0 radical (unpaired) electrons. The molecule has 0 saturated heterocycles. The standard InChI is InChI=1S/C4H6BrN3/c1-2-3(5)4(6)8-7-2/h1H3,(H3,6,7,8)/p+1. The van der Waals surface area contributed by atoms with Gasteiger partial charge >= 0.3 is 5.82 Å². The second-order valence-electron chi connectivity index (χ2n) is 1.60. The zero-order valence-electron chi connectivity index (χ0n) is 4.46. The van der Waals surface area contributed by atoms with Crippen molar-refractivity contribution < 1.29 is 5.10 Å². The normalized spacial score (nSPS) is 9.75. The number of aromatic nitrogens is 2. The third-order valence-corrected chi connectivity index (χ3v) is 1.97. The summed E-state index contributed by atoms with van der Waals surface area (Å²) in [5.74, 6) is 0.641. The van der Waals surface area contributed by atoms with Crippen molar-refractivity contribution in [2.24, 2.45) is 0 Å². The van der Waals surface area contributed by atoms with Gasteiger partial charge in [-0.05, 0) is 22.9 Å². The molecule has 0 fully saturated rings. The molecule has 0 aliphatic heterocycles. The number of aryl methyl sites for hydroxylation is 1. The van der Waals surface area contributed by atoms with Crippen LogP contribution in [0.4, 0.5) is 5.82 Å². The minimum absolute atomic E-state index is 0.641. The molecule has 0 aliphatic rings. The van der Waals surface area contributed by atoms with Gasteiger partial charge in [0.15, 0.2) is 0 Å². The van der Waals surface area contributed by atoms with Crippen molar-refractivity contribution in [1.82, 2.24) is 5.10 Å². The molecule has 0 atom stereocenters. The van der Waals surface area contributed by atoms with Crippen LogP contribution in [0, 0.1) is 6.92 Å². The summed E-state index contributed by atoms with van der Waals surface area (Å²) in [4.78, 5) is 0. The molecular weight excluding hydrogens is 170 g/mol. The lowest BCUT2D eigenvalue weighted by atomic mass is 10.5. The molecule has 0 aromatic carbocycles. The van der Waals surface area contributed by atoms with Gasteiger partial charge in [-0.15, -0.1) is 0 Å². The maximum Gasteiger partial charge on any atom is 0.305 e. The molecule has 0 amide bonds. The van der Waals surface area contributed by atoms with Crippen LogP contribution in [-0.2, 0) is 0 Å². The minimum Gasteiger partial charge on any atom is -0.285 e. The van der Waals surface area contributed by atoms with E-state index in [1.54, 1.807) is 0 Å². The highest BCUT2D eigenvalue weighted by Crippen LogP contribution is 2.16. The summed E-state index contributed by atoms with van der Waals surface area (Å²) in [6, 6.07) is 0. The van der Waals surface area contributed by atoms with Crippen molar-refractivity contribution in [1.29, 1.82) is 0 Å². The lowest BCUT2D eigenvalue weighted by molar-refractivity contribution is -0.434. The SMILES string of the molecule is Cc1[nH][nH+]c(N)c1Br. The minimum atomic E-state index is 0.641. The van der Waals surface area contributed by atoms with Crippen molar-refractivity contribution in [3.8, 4) is 0 Å². The molecule has 0 saturated carbocycles. The van der Waals surface area contributed by atoms with Crippen LogP contribution in [0.5, 0.6) is 0 Å². The topological polar surface area (TPSA) is 56.0 Å². The maximum atomic E-state index is 5.41. The highest BCUT2D eigenvalue weighted by molar-refractivity contribution is 9.10. The zero-order chi connectivity index (χ0) is 6.15. The number of hydrogen-bond donors (Lipinski definition) is 2. The summed E-state index contributed by atoms with van der Waals surface area (Å²) in [7, 11) is 0. The Kier molecular flexibility index (Phi) is 1.25. The fraction of sp³-hybridized carbons (Fsp3) is 0.250. The summed E-state index contributed by atoms with van der Waals surface area (Å²) in [5, 5.41) is 5.58. The number of halogens is 1. The summed E-state index contributed by atoms with van der Waals surface area (Å²) in [6.07, 6.45) is 0. The average Bonchev–Trinajstić information content (AvgIpc) is 1.98. The van der Waals surface area contributed by atoms with Crippen LogP contribution in [0.2, 0.25) is 0 Å². The second-order valence-corrected chi connectivity index (χ2v) is 2.40. The van der Waals surface area contributed by atoms with E-state index in [1.807, 2.05) is 6.92 Å². The summed E-state index contributed by atoms with van der Waals surface area (Å²) in [6.45, 7) is 1.93. The number of nitrogens with one attached hydrogen (secondary N) is 2. The second kappa shape index (κ2) is 1.78. The van der Waals surface area contributed by atoms with E-state index in [0.29, 0.717) is 5.82 Å². The molecule has 1 heterocycles. The number of aromatic amines is 2. The number of hydrogen-bond acceptors (Lipinski definition) is 1. The van der Waals surface area contributed by atoms with Gasteiger partial charge in [0, 0.05) is 0 Å². The largest absolute Gasteiger partial charge is 0.305 e. The Bertz CT molecular complexity index is 174. The van der Waals surface area contributed by atoms with Crippen molar-refractivity contribution in [3.63, 3.8) is 0 Å². The number of nitrogen functional groups attached to an aromatic ring is 1. The molecule has 4 N–H and O–H groups in total. The number of rotatable bonds is 0. The Morgan fingerprint density at radius 2 is 2.38 bits per heavy atom. The Labute approximate surface area is 55.4 Å². The lowest BCUT2D eigenvalue weighted by Crippen LogP contribution is -2.07. The van der Waals surface area contributed by atoms with Crippen LogP contribution in [-0.4, -0.2) is 5.10 Å². The molecule has 1 aromatic rings. The van der Waals surface area contributed by atoms with Crippen LogP contribution < -0.4 is 10.8 Å². The first-order valence-corrected chi connectivity index (χ1v) is 3.02. The molecule has 1 aromatic heterocycles. The Morgan fingerprint density at radius 3 is 2.50 bits per heavy atom. The quantitative estimate of drug-likeness (QED) is 0.594. The molecule has 1 rings (SSSR count). The van der Waals surface area contributed by atoms with E-state index in [0.717, 1.165) is 10.2 Å². The first-order valence-electron chi connectivity index (χ1n) is 2.23. The van der Waals surface area contributed by atoms with Crippen LogP contribution in [0.3, 0.4) is 0 Å². The van der Waals surface area contributed by atoms with E-state index in [4.69, 9.17) is 5.73 Å². The summed E-state index contributed by atoms with van der Waals surface area (Å²) >= 11 is 3.26. The Hall–Kier alpha value is -0.510. The molecule has 0 unspecified atom stereocenters. The van der Waals surface area contributed by atoms with Gasteiger partial charge < -0.3 is 0 Å². The van der Waals surface area contributed by atoms with Crippen LogP contribution >= 0.6 is 15.9 Å². The van der Waals surface area contributed by atoms with Crippen LogP contribution in [0.1, 0.15) is 5.69 Å². The van der Waals surface area contributed by atoms with Gasteiger partial charge in [0.25, 0.3) is 0 Å². The van der Waals surface area contributed by atoms with E-state index in [9.17, 15) is 0 Å². The van der Waals surface area contributed by atoms with Crippen molar-refractivity contribution >= 4 is 21.7 Å². The predicted molar refractivity (Wildman–Crippen MR) is 34.2 cm³/mol. The van der Waals surface area contributed by atoms with Gasteiger partial charge in [-0.25, -0.2) is 5.10 Å². The number of H-pyrrole nitrogens is 2. The van der Waals surface area contributed by atoms with Gasteiger partial charge in [-0.2, -0.15) is 5.10 Å². The molecule has 0 aliphatic carbocycles. The van der Waals surface area contributed by atoms with Gasteiger partial charge in [0.2, 0.25) is 0 Å². The Morgan fingerprint density at radius 1 is 1.75 bits per heavy atom. The fourth-order valence-corrected chi connectivity index (χ4v) is 0.671. The van der Waals surface area contributed by atoms with E-state index >= 15 is 0 Å². The van der Waals surface area contributed by atoms with Gasteiger partial charge in [0.1, 0.15) is 4.47 Å². The highest BCUT2D eigenvalue weighted by atomic mass is 79.9. The maximum absolute atomic E-state index is 5.41. The molecule has 0 spiro atoms. The van der Waals surface area contributed by atoms with E-state index in [1.165, 1.54) is 0 Å². The third kappa shape index (κ3) is 0.709. The molecule has 44 valence electrons. The van der Waals surface area contributed by atoms with Crippen LogP contribution in [0.25, 0.3) is 0 Å². The number of anilines is 1. The van der Waals surface area contributed by atoms with E-state index in [-0.39, 0.29) is 0 Å². The smallest absolute Gasteiger partial charge is 0.285 e. The monoisotopic (exact) mass is 176 g/mol. The van der Waals surface area contributed by atoms with E-state index < -0.39 is 0 Å². The molecule has 4 heteroatoms. The molecule has 0 bridgehead atoms. The summed E-state index contributed by atoms with van der Waals surface area (Å²) in [5.41, 5.74) is 6.42. The van der Waals surface area contributed by atoms with Crippen molar-refractivity contribution in [3.05, 3.63) is 10.2 Å². The number of nitrogens with two attached hydrogens (primary N) is 1. The molecule has 8 heavy (non-hydrogen) atoms. The zero-order valence-corrected chi connectivity index (χ0v) is 6.04. The van der Waals surface area contributed by atoms with Gasteiger partial charge in [-0.1, -0.05) is 0 Å². The fourth-order valence-electron chi connectivity index (χ4n) is 0.473. The lowest BCUT2D eigenvalue weighted by Gasteiger charge is -1.76. The first kappa shape index (κ1) is 5.62. The first-order chi connectivity index (χ1) is 3.72. The molecular formula is C4H7BrN3+. The van der Waals surface area contributed by atoms with Crippen molar-refractivity contribution in [2.45, 2.75) is 6.92 Å². The van der Waals surface area contributed by atoms with Gasteiger partial charge in [0.05, 0.1) is 5.69 Å². The average molecular weight is 177 g/mol. The summed E-state index contributed by atoms with van der Waals surface area (Å²) < 4.78 is 0.914. The molecule has 3 nitrogen and oxygen atoms in total. The Balaban J connectivity index is 3.19. The third-order valence-electron chi connectivity index (χ3n) is 0.950.